The van der Waals surface area contributed by atoms with E-state index < -0.39 is 0 Å². The average Bonchev–Trinajstić information content (AvgIpc) is 2.82. The second-order valence-electron chi connectivity index (χ2n) is 10.2. The summed E-state index contributed by atoms with van der Waals surface area (Å²) in [5.41, 5.74) is 1.50. The SMILES string of the molecule is C=CCCC1CCC(C2CCC(CCc3ccc4cc(OCC)ccc4c3)CC2)CC1. The highest BCUT2D eigenvalue weighted by Gasteiger charge is 2.30. The number of ether oxygens (including phenoxy) is 1. The Morgan fingerprint density at radius 2 is 1.42 bits per heavy atom. The van der Waals surface area contributed by atoms with Crippen LogP contribution in [0.1, 0.15) is 83.1 Å². The fourth-order valence-corrected chi connectivity index (χ4v) is 6.31. The molecule has 31 heavy (non-hydrogen) atoms. The Morgan fingerprint density at radius 3 is 2.06 bits per heavy atom. The van der Waals surface area contributed by atoms with Crippen LogP contribution in [0.5, 0.6) is 5.75 Å². The quantitative estimate of drug-likeness (QED) is 0.370. The first-order valence-electron chi connectivity index (χ1n) is 13.0. The van der Waals surface area contributed by atoms with E-state index >= 15 is 0 Å². The third-order valence-electron chi connectivity index (χ3n) is 8.26. The van der Waals surface area contributed by atoms with E-state index in [-0.39, 0.29) is 0 Å². The van der Waals surface area contributed by atoms with Crippen LogP contribution < -0.4 is 4.74 Å². The van der Waals surface area contributed by atoms with Crippen molar-refractivity contribution in [3.05, 3.63) is 54.6 Å². The number of hydrogen-bond donors (Lipinski definition) is 0. The number of rotatable bonds is 9. The third kappa shape index (κ3) is 6.15. The van der Waals surface area contributed by atoms with Gasteiger partial charge in [-0.25, -0.2) is 0 Å². The van der Waals surface area contributed by atoms with Gasteiger partial charge in [-0.05, 0) is 110 Å². The lowest BCUT2D eigenvalue weighted by Gasteiger charge is -2.38. The Hall–Kier alpha value is -1.76. The molecule has 0 saturated heterocycles. The van der Waals surface area contributed by atoms with Crippen LogP contribution in [-0.4, -0.2) is 6.61 Å². The molecule has 0 atom stereocenters. The number of allylic oxidation sites excluding steroid dienone is 1. The van der Waals surface area contributed by atoms with Crippen LogP contribution >= 0.6 is 0 Å². The zero-order chi connectivity index (χ0) is 21.5. The van der Waals surface area contributed by atoms with Gasteiger partial charge in [-0.2, -0.15) is 0 Å². The second-order valence-corrected chi connectivity index (χ2v) is 10.2. The van der Waals surface area contributed by atoms with Crippen LogP contribution in [0.4, 0.5) is 0 Å². The molecule has 168 valence electrons. The van der Waals surface area contributed by atoms with Crippen molar-refractivity contribution < 1.29 is 4.74 Å². The van der Waals surface area contributed by atoms with E-state index in [1.165, 1.54) is 93.4 Å². The maximum atomic E-state index is 5.64. The minimum absolute atomic E-state index is 0.725. The van der Waals surface area contributed by atoms with Crippen molar-refractivity contribution in [1.82, 2.24) is 0 Å². The lowest BCUT2D eigenvalue weighted by atomic mass is 9.68. The molecule has 1 nitrogen and oxygen atoms in total. The van der Waals surface area contributed by atoms with Crippen molar-refractivity contribution in [2.75, 3.05) is 6.61 Å². The van der Waals surface area contributed by atoms with Gasteiger partial charge >= 0.3 is 0 Å². The summed E-state index contributed by atoms with van der Waals surface area (Å²) in [6, 6.07) is 13.5. The van der Waals surface area contributed by atoms with Gasteiger partial charge in [0.05, 0.1) is 6.61 Å². The smallest absolute Gasteiger partial charge is 0.119 e. The minimum atomic E-state index is 0.725. The van der Waals surface area contributed by atoms with E-state index in [4.69, 9.17) is 4.74 Å². The lowest BCUT2D eigenvalue weighted by Crippen LogP contribution is -2.26. The highest BCUT2D eigenvalue weighted by molar-refractivity contribution is 5.84. The van der Waals surface area contributed by atoms with Crippen molar-refractivity contribution in [2.45, 2.75) is 84.0 Å². The molecule has 1 heteroatoms. The predicted molar refractivity (Wildman–Crippen MR) is 134 cm³/mol. The highest BCUT2D eigenvalue weighted by atomic mass is 16.5. The summed E-state index contributed by atoms with van der Waals surface area (Å²) in [5.74, 6) is 4.96. The fraction of sp³-hybridized carbons (Fsp3) is 0.600. The molecule has 2 aromatic carbocycles. The van der Waals surface area contributed by atoms with Crippen LogP contribution in [0.2, 0.25) is 0 Å². The third-order valence-corrected chi connectivity index (χ3v) is 8.26. The molecular weight excluding hydrogens is 376 g/mol. The molecular formula is C30H42O. The summed E-state index contributed by atoms with van der Waals surface area (Å²) in [6.45, 7) is 6.66. The van der Waals surface area contributed by atoms with Crippen molar-refractivity contribution in [3.8, 4) is 5.75 Å². The fourth-order valence-electron chi connectivity index (χ4n) is 6.31. The largest absolute Gasteiger partial charge is 0.494 e. The van der Waals surface area contributed by atoms with Gasteiger partial charge in [0.1, 0.15) is 5.75 Å². The highest BCUT2D eigenvalue weighted by Crippen LogP contribution is 2.43. The molecule has 0 unspecified atom stereocenters. The van der Waals surface area contributed by atoms with Gasteiger partial charge in [0.2, 0.25) is 0 Å². The molecule has 4 rings (SSSR count). The summed E-state index contributed by atoms with van der Waals surface area (Å²) in [7, 11) is 0. The summed E-state index contributed by atoms with van der Waals surface area (Å²) >= 11 is 0. The van der Waals surface area contributed by atoms with E-state index in [0.29, 0.717) is 0 Å². The standard InChI is InChI=1S/C30H42O/c1-3-5-6-23-9-14-26(15-10-23)27-16-11-24(12-17-27)7-8-25-13-18-29-22-30(31-4-2)20-19-28(29)21-25/h3,13,18-24,26-27H,1,4-12,14-17H2,2H3. The van der Waals surface area contributed by atoms with Gasteiger partial charge < -0.3 is 4.74 Å². The molecule has 0 aliphatic heterocycles. The first-order valence-corrected chi connectivity index (χ1v) is 13.0. The van der Waals surface area contributed by atoms with Crippen LogP contribution in [0.25, 0.3) is 10.8 Å². The first-order chi connectivity index (χ1) is 15.2. The zero-order valence-electron chi connectivity index (χ0n) is 19.7. The average molecular weight is 419 g/mol. The molecule has 2 aliphatic carbocycles. The van der Waals surface area contributed by atoms with Crippen molar-refractivity contribution in [3.63, 3.8) is 0 Å². The molecule has 0 N–H and O–H groups in total. The van der Waals surface area contributed by atoms with E-state index in [0.717, 1.165) is 36.0 Å². The monoisotopic (exact) mass is 418 g/mol. The summed E-state index contributed by atoms with van der Waals surface area (Å²) in [5, 5.41) is 2.63. The van der Waals surface area contributed by atoms with Gasteiger partial charge in [0.25, 0.3) is 0 Å². The van der Waals surface area contributed by atoms with Gasteiger partial charge in [0.15, 0.2) is 0 Å². The molecule has 0 heterocycles. The van der Waals surface area contributed by atoms with Gasteiger partial charge in [-0.1, -0.05) is 56.0 Å². The Labute approximate surface area is 190 Å². The first kappa shape index (κ1) is 22.4. The zero-order valence-corrected chi connectivity index (χ0v) is 19.7. The van der Waals surface area contributed by atoms with Crippen molar-refractivity contribution in [2.24, 2.45) is 23.7 Å². The van der Waals surface area contributed by atoms with Crippen LogP contribution in [-0.2, 0) is 6.42 Å². The summed E-state index contributed by atoms with van der Waals surface area (Å²) < 4.78 is 5.64. The number of aryl methyl sites for hydroxylation is 1. The van der Waals surface area contributed by atoms with Gasteiger partial charge in [-0.3, -0.25) is 0 Å². The molecule has 0 radical (unpaired) electrons. The predicted octanol–water partition coefficient (Wildman–Crippen LogP) is 8.75. The van der Waals surface area contributed by atoms with Crippen LogP contribution in [0.3, 0.4) is 0 Å². The molecule has 0 aromatic heterocycles. The topological polar surface area (TPSA) is 9.23 Å². The molecule has 2 saturated carbocycles. The Morgan fingerprint density at radius 1 is 0.806 bits per heavy atom. The number of benzene rings is 2. The Bertz CT molecular complexity index is 821. The maximum absolute atomic E-state index is 5.64. The molecule has 0 bridgehead atoms. The molecule has 0 spiro atoms. The number of fused-ring (bicyclic) bond motifs is 1. The van der Waals surface area contributed by atoms with Crippen LogP contribution in [0.15, 0.2) is 49.1 Å². The summed E-state index contributed by atoms with van der Waals surface area (Å²) in [6.07, 6.45) is 19.2. The number of hydrogen-bond acceptors (Lipinski definition) is 1. The van der Waals surface area contributed by atoms with E-state index in [1.807, 2.05) is 6.92 Å². The van der Waals surface area contributed by atoms with Gasteiger partial charge in [-0.15, -0.1) is 6.58 Å². The van der Waals surface area contributed by atoms with Crippen LogP contribution in [0, 0.1) is 23.7 Å². The molecule has 2 fully saturated rings. The van der Waals surface area contributed by atoms with Crippen molar-refractivity contribution >= 4 is 10.8 Å². The second kappa shape index (κ2) is 11.2. The normalized spacial score (nSPS) is 26.6. The van der Waals surface area contributed by atoms with Crippen molar-refractivity contribution in [1.29, 1.82) is 0 Å². The van der Waals surface area contributed by atoms with E-state index in [1.54, 1.807) is 0 Å². The van der Waals surface area contributed by atoms with E-state index in [9.17, 15) is 0 Å². The lowest BCUT2D eigenvalue weighted by molar-refractivity contribution is 0.141. The molecule has 2 aliphatic rings. The molecule has 0 amide bonds. The summed E-state index contributed by atoms with van der Waals surface area (Å²) in [4.78, 5) is 0. The Balaban J connectivity index is 1.21. The Kier molecular flexibility index (Phi) is 8.11. The maximum Gasteiger partial charge on any atom is 0.119 e. The minimum Gasteiger partial charge on any atom is -0.494 e. The van der Waals surface area contributed by atoms with Gasteiger partial charge in [0, 0.05) is 0 Å². The van der Waals surface area contributed by atoms with E-state index in [2.05, 4.69) is 49.1 Å². The molecule has 2 aromatic rings.